The monoisotopic (exact) mass is 667 g/mol. The molecule has 0 unspecified atom stereocenters. The lowest BCUT2D eigenvalue weighted by atomic mass is 10.1. The van der Waals surface area contributed by atoms with Crippen molar-refractivity contribution in [1.29, 1.82) is 0 Å². The highest BCUT2D eigenvalue weighted by Crippen LogP contribution is 2.08. The highest BCUT2D eigenvalue weighted by molar-refractivity contribution is 5.70. The maximum atomic E-state index is 12.1. The standard InChI is InChI=1S/C43H70O5/c1-3-5-7-9-11-13-15-17-19-20-21-22-24-25-27-29-31-33-35-37-42(45)47-40-41(39-44)48-43(46)38-36-34-32-30-28-26-23-18-16-14-12-10-8-6-4-2/h11-14,17-19,21-23,25,27-28,30,41,44H,3-10,15-16,20,24,26,29,31-40H2,1-2H3/t41-/m0/s1. The Hall–Kier alpha value is -2.92. The summed E-state index contributed by atoms with van der Waals surface area (Å²) in [6, 6.07) is 0. The van der Waals surface area contributed by atoms with Crippen LogP contribution in [0.2, 0.25) is 0 Å². The van der Waals surface area contributed by atoms with E-state index in [4.69, 9.17) is 9.47 Å². The second kappa shape index (κ2) is 38.5. The van der Waals surface area contributed by atoms with Crippen molar-refractivity contribution in [2.45, 2.75) is 161 Å². The fourth-order valence-electron chi connectivity index (χ4n) is 4.72. The van der Waals surface area contributed by atoms with Crippen LogP contribution >= 0.6 is 0 Å². The largest absolute Gasteiger partial charge is 0.462 e. The van der Waals surface area contributed by atoms with Crippen molar-refractivity contribution < 1.29 is 24.2 Å². The van der Waals surface area contributed by atoms with Gasteiger partial charge in [0, 0.05) is 12.8 Å². The van der Waals surface area contributed by atoms with Crippen LogP contribution in [-0.4, -0.2) is 36.4 Å². The van der Waals surface area contributed by atoms with Gasteiger partial charge in [0.1, 0.15) is 6.61 Å². The molecule has 0 aliphatic rings. The van der Waals surface area contributed by atoms with Crippen molar-refractivity contribution in [3.63, 3.8) is 0 Å². The van der Waals surface area contributed by atoms with Crippen molar-refractivity contribution in [3.8, 4) is 0 Å². The number of esters is 2. The Kier molecular flexibility index (Phi) is 36.2. The van der Waals surface area contributed by atoms with Crippen LogP contribution in [0, 0.1) is 0 Å². The van der Waals surface area contributed by atoms with Gasteiger partial charge in [0.05, 0.1) is 6.61 Å². The molecule has 0 saturated heterocycles. The molecular formula is C43H70O5. The van der Waals surface area contributed by atoms with Gasteiger partial charge in [-0.3, -0.25) is 9.59 Å². The lowest BCUT2D eigenvalue weighted by molar-refractivity contribution is -0.161. The summed E-state index contributed by atoms with van der Waals surface area (Å²) in [6.45, 7) is 4.00. The molecule has 0 amide bonds. The Balaban J connectivity index is 3.74. The molecule has 48 heavy (non-hydrogen) atoms. The van der Waals surface area contributed by atoms with E-state index >= 15 is 0 Å². The third kappa shape index (κ3) is 35.9. The van der Waals surface area contributed by atoms with Gasteiger partial charge in [0.2, 0.25) is 0 Å². The molecular weight excluding hydrogens is 596 g/mol. The van der Waals surface area contributed by atoms with E-state index in [0.29, 0.717) is 12.8 Å². The topological polar surface area (TPSA) is 72.8 Å². The van der Waals surface area contributed by atoms with Crippen molar-refractivity contribution in [2.75, 3.05) is 13.2 Å². The van der Waals surface area contributed by atoms with E-state index in [-0.39, 0.29) is 25.2 Å². The number of carbonyl (C=O) groups is 2. The zero-order valence-corrected chi connectivity index (χ0v) is 30.7. The SMILES string of the molecule is CCCCCC=CCC=CCC=CCC=CCCCCCC(=O)OC[C@H](CO)OC(=O)CCCCC=CCC=CCC=CCCCCC. The summed E-state index contributed by atoms with van der Waals surface area (Å²) in [5.41, 5.74) is 0. The number of ether oxygens (including phenoxy) is 2. The van der Waals surface area contributed by atoms with Crippen LogP contribution in [0.5, 0.6) is 0 Å². The summed E-state index contributed by atoms with van der Waals surface area (Å²) in [4.78, 5) is 24.2. The minimum Gasteiger partial charge on any atom is -0.462 e. The van der Waals surface area contributed by atoms with Crippen LogP contribution in [0.3, 0.4) is 0 Å². The molecule has 0 bridgehead atoms. The number of aliphatic hydroxyl groups excluding tert-OH is 1. The number of rotatable bonds is 33. The number of unbranched alkanes of at least 4 members (excludes halogenated alkanes) is 11. The van der Waals surface area contributed by atoms with Gasteiger partial charge in [0.25, 0.3) is 0 Å². The normalized spacial score (nSPS) is 13.1. The summed E-state index contributed by atoms with van der Waals surface area (Å²) >= 11 is 0. The van der Waals surface area contributed by atoms with E-state index in [1.54, 1.807) is 0 Å². The number of carbonyl (C=O) groups excluding carboxylic acids is 2. The maximum absolute atomic E-state index is 12.1. The quantitative estimate of drug-likeness (QED) is 0.0429. The lowest BCUT2D eigenvalue weighted by Gasteiger charge is -2.15. The van der Waals surface area contributed by atoms with Crippen LogP contribution in [-0.2, 0) is 19.1 Å². The molecule has 1 N–H and O–H groups in total. The van der Waals surface area contributed by atoms with Crippen LogP contribution in [0.4, 0.5) is 0 Å². The Morgan fingerprint density at radius 3 is 1.25 bits per heavy atom. The van der Waals surface area contributed by atoms with Gasteiger partial charge in [-0.25, -0.2) is 0 Å². The van der Waals surface area contributed by atoms with Crippen LogP contribution in [0.15, 0.2) is 85.1 Å². The molecule has 1 atom stereocenters. The summed E-state index contributed by atoms with van der Waals surface area (Å²) in [5, 5.41) is 9.53. The van der Waals surface area contributed by atoms with E-state index in [1.807, 2.05) is 0 Å². The first-order valence-corrected chi connectivity index (χ1v) is 19.1. The maximum Gasteiger partial charge on any atom is 0.306 e. The predicted octanol–water partition coefficient (Wildman–Crippen LogP) is 11.9. The number of allylic oxidation sites excluding steroid dienone is 14. The molecule has 0 aliphatic heterocycles. The molecule has 0 heterocycles. The average Bonchev–Trinajstić information content (AvgIpc) is 3.09. The Bertz CT molecular complexity index is 937. The molecule has 0 aliphatic carbocycles. The minimum atomic E-state index is -0.809. The van der Waals surface area contributed by atoms with Crippen LogP contribution in [0.1, 0.15) is 155 Å². The van der Waals surface area contributed by atoms with Gasteiger partial charge < -0.3 is 14.6 Å². The summed E-state index contributed by atoms with van der Waals surface area (Å²) in [5.74, 6) is -0.681. The third-order valence-electron chi connectivity index (χ3n) is 7.66. The van der Waals surface area contributed by atoms with Crippen LogP contribution < -0.4 is 0 Å². The minimum absolute atomic E-state index is 0.103. The first-order valence-electron chi connectivity index (χ1n) is 19.1. The molecule has 0 rings (SSSR count). The second-order valence-corrected chi connectivity index (χ2v) is 12.3. The van der Waals surface area contributed by atoms with Gasteiger partial charge in [0.15, 0.2) is 6.10 Å². The van der Waals surface area contributed by atoms with E-state index < -0.39 is 6.10 Å². The lowest BCUT2D eigenvalue weighted by Crippen LogP contribution is -2.28. The molecule has 272 valence electrons. The summed E-state index contributed by atoms with van der Waals surface area (Å²) in [7, 11) is 0. The highest BCUT2D eigenvalue weighted by atomic mass is 16.6. The summed E-state index contributed by atoms with van der Waals surface area (Å²) < 4.78 is 10.5. The van der Waals surface area contributed by atoms with Gasteiger partial charge in [-0.05, 0) is 96.3 Å². The van der Waals surface area contributed by atoms with Crippen molar-refractivity contribution in [1.82, 2.24) is 0 Å². The average molecular weight is 667 g/mol. The number of aliphatic hydroxyl groups is 1. The zero-order chi connectivity index (χ0) is 35.0. The highest BCUT2D eigenvalue weighted by Gasteiger charge is 2.15. The van der Waals surface area contributed by atoms with Crippen molar-refractivity contribution in [2.24, 2.45) is 0 Å². The van der Waals surface area contributed by atoms with Gasteiger partial charge in [-0.15, -0.1) is 0 Å². The molecule has 0 aromatic carbocycles. The van der Waals surface area contributed by atoms with Crippen LogP contribution in [0.25, 0.3) is 0 Å². The third-order valence-corrected chi connectivity index (χ3v) is 7.66. The predicted molar refractivity (Wildman–Crippen MR) is 205 cm³/mol. The molecule has 0 aromatic rings. The molecule has 5 heteroatoms. The van der Waals surface area contributed by atoms with E-state index in [0.717, 1.165) is 77.0 Å². The van der Waals surface area contributed by atoms with E-state index in [9.17, 15) is 14.7 Å². The van der Waals surface area contributed by atoms with Gasteiger partial charge in [-0.1, -0.05) is 131 Å². The van der Waals surface area contributed by atoms with Crippen molar-refractivity contribution in [3.05, 3.63) is 85.1 Å². The molecule has 0 saturated carbocycles. The van der Waals surface area contributed by atoms with E-state index in [2.05, 4.69) is 98.9 Å². The Labute approximate surface area is 295 Å². The van der Waals surface area contributed by atoms with Gasteiger partial charge >= 0.3 is 11.9 Å². The Morgan fingerprint density at radius 1 is 0.479 bits per heavy atom. The molecule has 0 radical (unpaired) electrons. The molecule has 0 aromatic heterocycles. The zero-order valence-electron chi connectivity index (χ0n) is 30.7. The van der Waals surface area contributed by atoms with Crippen molar-refractivity contribution >= 4 is 11.9 Å². The summed E-state index contributed by atoms with van der Waals surface area (Å²) in [6.07, 6.45) is 52.1. The fourth-order valence-corrected chi connectivity index (χ4v) is 4.72. The molecule has 5 nitrogen and oxygen atoms in total. The Morgan fingerprint density at radius 2 is 0.833 bits per heavy atom. The second-order valence-electron chi connectivity index (χ2n) is 12.3. The first kappa shape index (κ1) is 45.1. The van der Waals surface area contributed by atoms with E-state index in [1.165, 1.54) is 51.4 Å². The molecule has 0 fully saturated rings. The number of hydrogen-bond donors (Lipinski definition) is 1. The fraction of sp³-hybridized carbons (Fsp3) is 0.628. The van der Waals surface area contributed by atoms with Gasteiger partial charge in [-0.2, -0.15) is 0 Å². The first-order chi connectivity index (χ1) is 23.6. The number of hydrogen-bond acceptors (Lipinski definition) is 5. The smallest absolute Gasteiger partial charge is 0.306 e. The molecule has 0 spiro atoms.